The van der Waals surface area contributed by atoms with Crippen molar-refractivity contribution in [2.24, 2.45) is 25.4 Å². The van der Waals surface area contributed by atoms with Crippen molar-refractivity contribution in [1.29, 1.82) is 5.26 Å². The third-order valence-electron chi connectivity index (χ3n) is 4.67. The molecule has 1 fully saturated rings. The van der Waals surface area contributed by atoms with Crippen LogP contribution in [-0.2, 0) is 14.1 Å². The fourth-order valence-corrected chi connectivity index (χ4v) is 3.45. The molecule has 24 heavy (non-hydrogen) atoms. The topological polar surface area (TPSA) is 71.0 Å². The number of anilines is 1. The van der Waals surface area contributed by atoms with E-state index in [2.05, 4.69) is 0 Å². The van der Waals surface area contributed by atoms with Crippen LogP contribution in [0, 0.1) is 22.7 Å². The Balaban J connectivity index is 2.55. The smallest absolute Gasteiger partial charge is 0.356 e. The molecule has 0 aliphatic carbocycles. The van der Waals surface area contributed by atoms with Crippen molar-refractivity contribution in [2.75, 3.05) is 18.0 Å². The molecule has 1 saturated heterocycles. The average molecular weight is 344 g/mol. The number of hydrogen-bond acceptors (Lipinski definition) is 4. The van der Waals surface area contributed by atoms with Crippen LogP contribution in [0.1, 0.15) is 25.8 Å². The van der Waals surface area contributed by atoms with Gasteiger partial charge in [0.1, 0.15) is 11.9 Å². The summed E-state index contributed by atoms with van der Waals surface area (Å²) in [5, 5.41) is 9.30. The predicted molar refractivity (Wildman–Crippen MR) is 81.8 cm³/mol. The van der Waals surface area contributed by atoms with Crippen LogP contribution >= 0.6 is 0 Å². The molecular formula is C15H19F3N4O2. The minimum absolute atomic E-state index is 0.00763. The van der Waals surface area contributed by atoms with Gasteiger partial charge in [0.2, 0.25) is 0 Å². The quantitative estimate of drug-likeness (QED) is 0.771. The lowest BCUT2D eigenvalue weighted by atomic mass is 9.73. The molecule has 1 aromatic rings. The molecule has 1 atom stereocenters. The number of hydrogen-bond donors (Lipinski definition) is 0. The summed E-state index contributed by atoms with van der Waals surface area (Å²) in [5.41, 5.74) is -2.71. The first-order valence-electron chi connectivity index (χ1n) is 7.43. The lowest BCUT2D eigenvalue weighted by molar-refractivity contribution is -0.206. The van der Waals surface area contributed by atoms with Gasteiger partial charge in [-0.3, -0.25) is 13.9 Å². The zero-order chi connectivity index (χ0) is 18.4. The zero-order valence-corrected chi connectivity index (χ0v) is 13.9. The van der Waals surface area contributed by atoms with Crippen molar-refractivity contribution in [3.8, 4) is 6.07 Å². The Morgan fingerprint density at radius 2 is 1.79 bits per heavy atom. The second kappa shape index (κ2) is 5.69. The van der Waals surface area contributed by atoms with Gasteiger partial charge in [-0.15, -0.1) is 0 Å². The van der Waals surface area contributed by atoms with Gasteiger partial charge in [-0.1, -0.05) is 13.8 Å². The number of piperidine rings is 1. The number of rotatable bonds is 1. The first kappa shape index (κ1) is 18.1. The van der Waals surface area contributed by atoms with Crippen LogP contribution in [0.2, 0.25) is 0 Å². The Morgan fingerprint density at radius 1 is 1.21 bits per heavy atom. The fraction of sp³-hybridized carbons (Fsp3) is 0.667. The lowest BCUT2D eigenvalue weighted by Gasteiger charge is -2.46. The van der Waals surface area contributed by atoms with Gasteiger partial charge in [0.25, 0.3) is 5.56 Å². The summed E-state index contributed by atoms with van der Waals surface area (Å²) in [5.74, 6) is -1.39. The van der Waals surface area contributed by atoms with Crippen LogP contribution in [0.3, 0.4) is 0 Å². The molecule has 1 aliphatic rings. The summed E-state index contributed by atoms with van der Waals surface area (Å²) in [6, 6.07) is 1.78. The third kappa shape index (κ3) is 2.81. The fourth-order valence-electron chi connectivity index (χ4n) is 3.45. The number of halogens is 3. The van der Waals surface area contributed by atoms with Crippen molar-refractivity contribution >= 4 is 5.82 Å². The highest BCUT2D eigenvalue weighted by Crippen LogP contribution is 2.45. The van der Waals surface area contributed by atoms with E-state index >= 15 is 0 Å². The first-order valence-corrected chi connectivity index (χ1v) is 7.43. The summed E-state index contributed by atoms with van der Waals surface area (Å²) in [7, 11) is 2.66. The maximum atomic E-state index is 13.2. The molecule has 132 valence electrons. The Bertz CT molecular complexity index is 814. The predicted octanol–water partition coefficient (Wildman–Crippen LogP) is 1.37. The minimum atomic E-state index is -4.31. The van der Waals surface area contributed by atoms with Gasteiger partial charge in [-0.25, -0.2) is 4.79 Å². The summed E-state index contributed by atoms with van der Waals surface area (Å²) in [4.78, 5) is 25.8. The molecule has 2 heterocycles. The van der Waals surface area contributed by atoms with E-state index in [0.29, 0.717) is 0 Å². The van der Waals surface area contributed by atoms with E-state index in [0.717, 1.165) is 9.13 Å². The largest absolute Gasteiger partial charge is 0.392 e. The summed E-state index contributed by atoms with van der Waals surface area (Å²) < 4.78 is 41.5. The van der Waals surface area contributed by atoms with Gasteiger partial charge in [0.15, 0.2) is 5.56 Å². The molecule has 1 aliphatic heterocycles. The van der Waals surface area contributed by atoms with Crippen molar-refractivity contribution in [1.82, 2.24) is 9.13 Å². The molecule has 2 rings (SSSR count). The second-order valence-corrected chi connectivity index (χ2v) is 6.81. The molecule has 9 heteroatoms. The molecule has 0 N–H and O–H groups in total. The Morgan fingerprint density at radius 3 is 2.25 bits per heavy atom. The van der Waals surface area contributed by atoms with Crippen molar-refractivity contribution in [3.63, 3.8) is 0 Å². The van der Waals surface area contributed by atoms with E-state index in [-0.39, 0.29) is 30.9 Å². The van der Waals surface area contributed by atoms with Crippen LogP contribution in [0.4, 0.5) is 19.0 Å². The van der Waals surface area contributed by atoms with Crippen LogP contribution in [0.15, 0.2) is 9.59 Å². The third-order valence-corrected chi connectivity index (χ3v) is 4.67. The number of alkyl halides is 3. The Hall–Kier alpha value is -2.24. The van der Waals surface area contributed by atoms with E-state index in [4.69, 9.17) is 0 Å². The van der Waals surface area contributed by atoms with Crippen molar-refractivity contribution in [2.45, 2.75) is 26.4 Å². The standard InChI is InChI=1S/C15H19F3N4O2/c1-14(2)8-22(6-5-10(14)15(16,17)18)11-9(7-19)12(23)21(4)13(24)20(11)3/h10H,5-6,8H2,1-4H3. The molecule has 0 radical (unpaired) electrons. The molecule has 0 saturated carbocycles. The average Bonchev–Trinajstić information content (AvgIpc) is 2.46. The van der Waals surface area contributed by atoms with E-state index < -0.39 is 28.8 Å². The molecular weight excluding hydrogens is 325 g/mol. The maximum Gasteiger partial charge on any atom is 0.392 e. The molecule has 0 bridgehead atoms. The normalized spacial score (nSPS) is 20.8. The van der Waals surface area contributed by atoms with Crippen molar-refractivity contribution < 1.29 is 13.2 Å². The monoisotopic (exact) mass is 344 g/mol. The van der Waals surface area contributed by atoms with Gasteiger partial charge < -0.3 is 4.90 Å². The first-order chi connectivity index (χ1) is 10.9. The van der Waals surface area contributed by atoms with Crippen LogP contribution in [0.5, 0.6) is 0 Å². The highest BCUT2D eigenvalue weighted by Gasteiger charge is 2.51. The van der Waals surface area contributed by atoms with E-state index in [1.165, 1.54) is 32.8 Å². The number of nitriles is 1. The summed E-state index contributed by atoms with van der Waals surface area (Å²) in [6.45, 7) is 3.01. The Labute approximate surface area is 136 Å². The molecule has 1 aromatic heterocycles. The van der Waals surface area contributed by atoms with Crippen LogP contribution in [-0.4, -0.2) is 28.4 Å². The minimum Gasteiger partial charge on any atom is -0.356 e. The molecule has 0 spiro atoms. The van der Waals surface area contributed by atoms with Gasteiger partial charge in [0.05, 0.1) is 5.92 Å². The van der Waals surface area contributed by atoms with E-state index in [1.807, 2.05) is 0 Å². The second-order valence-electron chi connectivity index (χ2n) is 6.81. The zero-order valence-electron chi connectivity index (χ0n) is 13.9. The summed E-state index contributed by atoms with van der Waals surface area (Å²) in [6.07, 6.45) is -4.48. The van der Waals surface area contributed by atoms with Crippen molar-refractivity contribution in [3.05, 3.63) is 26.4 Å². The highest BCUT2D eigenvalue weighted by molar-refractivity contribution is 5.54. The summed E-state index contributed by atoms with van der Waals surface area (Å²) >= 11 is 0. The number of nitrogens with zero attached hydrogens (tertiary/aromatic N) is 4. The highest BCUT2D eigenvalue weighted by atomic mass is 19.4. The van der Waals surface area contributed by atoms with Crippen LogP contribution < -0.4 is 16.1 Å². The molecule has 6 nitrogen and oxygen atoms in total. The van der Waals surface area contributed by atoms with Gasteiger partial charge >= 0.3 is 11.9 Å². The van der Waals surface area contributed by atoms with E-state index in [1.54, 1.807) is 6.07 Å². The van der Waals surface area contributed by atoms with Gasteiger partial charge in [-0.05, 0) is 11.8 Å². The molecule has 0 aromatic carbocycles. The number of aromatic nitrogens is 2. The lowest BCUT2D eigenvalue weighted by Crippen LogP contribution is -2.53. The SMILES string of the molecule is Cn1c(N2CCC(C(F)(F)F)C(C)(C)C2)c(C#N)c(=O)n(C)c1=O. The maximum absolute atomic E-state index is 13.2. The van der Waals surface area contributed by atoms with Gasteiger partial charge in [0, 0.05) is 27.2 Å². The van der Waals surface area contributed by atoms with Gasteiger partial charge in [-0.2, -0.15) is 18.4 Å². The van der Waals surface area contributed by atoms with E-state index in [9.17, 15) is 28.0 Å². The molecule has 1 unspecified atom stereocenters. The Kier molecular flexibility index (Phi) is 4.29. The van der Waals surface area contributed by atoms with Crippen LogP contribution in [0.25, 0.3) is 0 Å². The molecule has 0 amide bonds.